The Balaban J connectivity index is 2.07. The summed E-state index contributed by atoms with van der Waals surface area (Å²) in [6, 6.07) is 7.09. The zero-order valence-electron chi connectivity index (χ0n) is 9.30. The van der Waals surface area contributed by atoms with Crippen LogP contribution in [0.2, 0.25) is 5.02 Å². The van der Waals surface area contributed by atoms with Gasteiger partial charge in [-0.2, -0.15) is 0 Å². The van der Waals surface area contributed by atoms with Crippen LogP contribution in [0.1, 0.15) is 18.5 Å². The maximum atomic E-state index is 11.8. The first kappa shape index (κ1) is 11.7. The molecule has 0 aliphatic rings. The average molecular weight is 250 g/mol. The molecule has 1 amide bonds. The molecular weight excluding hydrogens is 238 g/mol. The molecule has 2 rings (SSSR count). The van der Waals surface area contributed by atoms with E-state index in [0.717, 1.165) is 5.56 Å². The van der Waals surface area contributed by atoms with E-state index >= 15 is 0 Å². The topological polar surface area (TPSA) is 46.9 Å². The molecule has 0 saturated carbocycles. The van der Waals surface area contributed by atoms with E-state index < -0.39 is 0 Å². The molecule has 0 fully saturated rings. The standard InChI is InChI=1S/C12H12ClN3O/c1-9(10-3-2-4-11(13)7-10)15-12(17)16-6-5-14-8-16/h2-9H,1H3,(H,15,17)/t9-/m1/s1. The van der Waals surface area contributed by atoms with Crippen LogP contribution in [-0.4, -0.2) is 15.6 Å². The van der Waals surface area contributed by atoms with Gasteiger partial charge in [0.25, 0.3) is 0 Å². The van der Waals surface area contributed by atoms with Gasteiger partial charge in [0.05, 0.1) is 6.04 Å². The molecule has 88 valence electrons. The predicted octanol–water partition coefficient (Wildman–Crippen LogP) is 2.86. The number of amides is 1. The fourth-order valence-electron chi connectivity index (χ4n) is 1.50. The molecule has 5 heteroatoms. The van der Waals surface area contributed by atoms with Gasteiger partial charge < -0.3 is 5.32 Å². The number of nitrogens with zero attached hydrogens (tertiary/aromatic N) is 2. The van der Waals surface area contributed by atoms with Crippen molar-refractivity contribution in [3.05, 3.63) is 53.6 Å². The van der Waals surface area contributed by atoms with Crippen molar-refractivity contribution in [1.82, 2.24) is 14.9 Å². The number of hydrogen-bond donors (Lipinski definition) is 1. The Morgan fingerprint density at radius 2 is 2.35 bits per heavy atom. The maximum Gasteiger partial charge on any atom is 0.327 e. The molecule has 1 aromatic carbocycles. The lowest BCUT2D eigenvalue weighted by atomic mass is 10.1. The van der Waals surface area contributed by atoms with Gasteiger partial charge in [0.15, 0.2) is 0 Å². The molecule has 0 aliphatic heterocycles. The Morgan fingerprint density at radius 1 is 1.53 bits per heavy atom. The first-order chi connectivity index (χ1) is 8.16. The van der Waals surface area contributed by atoms with Crippen LogP contribution < -0.4 is 5.32 Å². The van der Waals surface area contributed by atoms with Gasteiger partial charge in [0.1, 0.15) is 6.33 Å². The summed E-state index contributed by atoms with van der Waals surface area (Å²) in [5, 5.41) is 3.51. The second kappa shape index (κ2) is 5.01. The number of rotatable bonds is 2. The Bertz CT molecular complexity index is 510. The molecule has 0 spiro atoms. The monoisotopic (exact) mass is 249 g/mol. The summed E-state index contributed by atoms with van der Waals surface area (Å²) in [5.74, 6) is 0. The van der Waals surface area contributed by atoms with Crippen LogP contribution in [0.5, 0.6) is 0 Å². The molecule has 2 aromatic rings. The number of aromatic nitrogens is 2. The molecular formula is C12H12ClN3O. The molecule has 1 atom stereocenters. The first-order valence-electron chi connectivity index (χ1n) is 5.21. The predicted molar refractivity (Wildman–Crippen MR) is 66.0 cm³/mol. The first-order valence-corrected chi connectivity index (χ1v) is 5.59. The van der Waals surface area contributed by atoms with Crippen molar-refractivity contribution < 1.29 is 4.79 Å². The van der Waals surface area contributed by atoms with Gasteiger partial charge in [-0.15, -0.1) is 0 Å². The van der Waals surface area contributed by atoms with Crippen LogP contribution in [0.15, 0.2) is 43.0 Å². The van der Waals surface area contributed by atoms with Crippen LogP contribution in [-0.2, 0) is 0 Å². The maximum absolute atomic E-state index is 11.8. The Morgan fingerprint density at radius 3 is 3.00 bits per heavy atom. The van der Waals surface area contributed by atoms with E-state index in [4.69, 9.17) is 11.6 Å². The zero-order valence-corrected chi connectivity index (χ0v) is 10.1. The zero-order chi connectivity index (χ0) is 12.3. The highest BCUT2D eigenvalue weighted by Gasteiger charge is 2.10. The van der Waals surface area contributed by atoms with Crippen LogP contribution in [0.25, 0.3) is 0 Å². The molecule has 17 heavy (non-hydrogen) atoms. The van der Waals surface area contributed by atoms with Crippen molar-refractivity contribution in [3.8, 4) is 0 Å². The largest absolute Gasteiger partial charge is 0.331 e. The van der Waals surface area contributed by atoms with E-state index in [1.807, 2.05) is 25.1 Å². The summed E-state index contributed by atoms with van der Waals surface area (Å²) in [4.78, 5) is 15.6. The van der Waals surface area contributed by atoms with Crippen LogP contribution >= 0.6 is 11.6 Å². The number of hydrogen-bond acceptors (Lipinski definition) is 2. The fraction of sp³-hybridized carbons (Fsp3) is 0.167. The highest BCUT2D eigenvalue weighted by molar-refractivity contribution is 6.30. The normalized spacial score (nSPS) is 12.1. The smallest absolute Gasteiger partial charge is 0.327 e. The van der Waals surface area contributed by atoms with Crippen molar-refractivity contribution in [1.29, 1.82) is 0 Å². The molecule has 1 aromatic heterocycles. The summed E-state index contributed by atoms with van der Waals surface area (Å²) < 4.78 is 1.39. The van der Waals surface area contributed by atoms with E-state index in [9.17, 15) is 4.79 Å². The van der Waals surface area contributed by atoms with Crippen molar-refractivity contribution in [2.45, 2.75) is 13.0 Å². The Kier molecular flexibility index (Phi) is 3.44. The van der Waals surface area contributed by atoms with Gasteiger partial charge in [-0.05, 0) is 24.6 Å². The highest BCUT2D eigenvalue weighted by atomic mass is 35.5. The van der Waals surface area contributed by atoms with E-state index in [1.165, 1.54) is 10.9 Å². The minimum absolute atomic E-state index is 0.108. The third kappa shape index (κ3) is 2.85. The fourth-order valence-corrected chi connectivity index (χ4v) is 1.70. The summed E-state index contributed by atoms with van der Waals surface area (Å²) in [5.41, 5.74) is 0.964. The molecule has 0 bridgehead atoms. The summed E-state index contributed by atoms with van der Waals surface area (Å²) >= 11 is 5.90. The average Bonchev–Trinajstić information content (AvgIpc) is 2.82. The molecule has 4 nitrogen and oxygen atoms in total. The third-order valence-corrected chi connectivity index (χ3v) is 2.66. The van der Waals surface area contributed by atoms with Gasteiger partial charge in [-0.3, -0.25) is 4.57 Å². The lowest BCUT2D eigenvalue weighted by molar-refractivity contribution is 0.239. The van der Waals surface area contributed by atoms with Crippen molar-refractivity contribution in [2.75, 3.05) is 0 Å². The van der Waals surface area contributed by atoms with Crippen molar-refractivity contribution in [3.63, 3.8) is 0 Å². The van der Waals surface area contributed by atoms with Crippen LogP contribution in [0.3, 0.4) is 0 Å². The second-order valence-corrected chi connectivity index (χ2v) is 4.13. The van der Waals surface area contributed by atoms with Crippen molar-refractivity contribution in [2.24, 2.45) is 0 Å². The van der Waals surface area contributed by atoms with E-state index in [2.05, 4.69) is 10.3 Å². The number of carbonyl (C=O) groups excluding carboxylic acids is 1. The van der Waals surface area contributed by atoms with Gasteiger partial charge in [0.2, 0.25) is 0 Å². The lowest BCUT2D eigenvalue weighted by Crippen LogP contribution is -2.30. The highest BCUT2D eigenvalue weighted by Crippen LogP contribution is 2.17. The van der Waals surface area contributed by atoms with Gasteiger partial charge >= 0.3 is 6.03 Å². The summed E-state index contributed by atoms with van der Waals surface area (Å²) in [7, 11) is 0. The molecule has 0 radical (unpaired) electrons. The summed E-state index contributed by atoms with van der Waals surface area (Å²) in [6.45, 7) is 1.90. The molecule has 1 N–H and O–H groups in total. The lowest BCUT2D eigenvalue weighted by Gasteiger charge is -2.14. The SMILES string of the molecule is C[C@@H](NC(=O)n1ccnc1)c1cccc(Cl)c1. The minimum atomic E-state index is -0.213. The molecule has 1 heterocycles. The van der Waals surface area contributed by atoms with Crippen molar-refractivity contribution >= 4 is 17.6 Å². The van der Waals surface area contributed by atoms with E-state index in [0.29, 0.717) is 5.02 Å². The van der Waals surface area contributed by atoms with E-state index in [1.54, 1.807) is 18.5 Å². The number of halogens is 1. The molecule has 0 saturated heterocycles. The Hall–Kier alpha value is -1.81. The quantitative estimate of drug-likeness (QED) is 0.890. The molecule has 0 unspecified atom stereocenters. The second-order valence-electron chi connectivity index (χ2n) is 3.70. The summed E-state index contributed by atoms with van der Waals surface area (Å²) in [6.07, 6.45) is 4.61. The minimum Gasteiger partial charge on any atom is -0.331 e. The number of imidazole rings is 1. The van der Waals surface area contributed by atoms with E-state index in [-0.39, 0.29) is 12.1 Å². The number of nitrogens with one attached hydrogen (secondary N) is 1. The van der Waals surface area contributed by atoms with Gasteiger partial charge in [-0.1, -0.05) is 23.7 Å². The molecule has 0 aliphatic carbocycles. The van der Waals surface area contributed by atoms with Crippen LogP contribution in [0.4, 0.5) is 4.79 Å². The number of benzene rings is 1. The Labute approximate surface area is 104 Å². The third-order valence-electron chi connectivity index (χ3n) is 2.43. The number of carbonyl (C=O) groups is 1. The van der Waals surface area contributed by atoms with Gasteiger partial charge in [-0.25, -0.2) is 9.78 Å². The van der Waals surface area contributed by atoms with Gasteiger partial charge in [0, 0.05) is 17.4 Å². The van der Waals surface area contributed by atoms with Crippen LogP contribution in [0, 0.1) is 0 Å².